The van der Waals surface area contributed by atoms with E-state index in [1.807, 2.05) is 0 Å². The van der Waals surface area contributed by atoms with Gasteiger partial charge in [-0.2, -0.15) is 0 Å². The molecule has 0 spiro atoms. The predicted molar refractivity (Wildman–Crippen MR) is 73.5 cm³/mol. The first kappa shape index (κ1) is 13.4. The lowest BCUT2D eigenvalue weighted by Crippen LogP contribution is -2.11. The number of aryl methyl sites for hydroxylation is 1. The van der Waals surface area contributed by atoms with Crippen LogP contribution in [0.1, 0.15) is 11.1 Å². The Bertz CT molecular complexity index is 643. The molecule has 0 amide bonds. The Hall–Kier alpha value is -2.01. The van der Waals surface area contributed by atoms with E-state index >= 15 is 0 Å². The first-order valence-electron chi connectivity index (χ1n) is 5.51. The van der Waals surface area contributed by atoms with Crippen molar-refractivity contribution in [2.75, 3.05) is 0 Å². The van der Waals surface area contributed by atoms with Gasteiger partial charge in [0.15, 0.2) is 11.6 Å². The lowest BCUT2D eigenvalue weighted by Gasteiger charge is -2.13. The molecule has 0 aliphatic rings. The molecule has 5 heteroatoms. The van der Waals surface area contributed by atoms with Gasteiger partial charge in [-0.3, -0.25) is 0 Å². The van der Waals surface area contributed by atoms with E-state index in [9.17, 15) is 8.78 Å². The number of rotatable bonds is 3. The Labute approximate surface area is 114 Å². The third-order valence-corrected chi connectivity index (χ3v) is 2.80. The van der Waals surface area contributed by atoms with Crippen LogP contribution < -0.4 is 10.5 Å². The van der Waals surface area contributed by atoms with Crippen molar-refractivity contribution in [3.05, 3.63) is 59.2 Å². The normalized spacial score (nSPS) is 10.3. The summed E-state index contributed by atoms with van der Waals surface area (Å²) in [6, 6.07) is 8.21. The van der Waals surface area contributed by atoms with Crippen molar-refractivity contribution < 1.29 is 13.5 Å². The molecular weight excluding hydrogens is 268 g/mol. The second kappa shape index (κ2) is 5.32. The molecule has 2 aromatic carbocycles. The fourth-order valence-corrected chi connectivity index (χ4v) is 1.81. The lowest BCUT2D eigenvalue weighted by atomic mass is 10.1. The van der Waals surface area contributed by atoms with Crippen LogP contribution in [-0.4, -0.2) is 4.99 Å². The van der Waals surface area contributed by atoms with Crippen LogP contribution in [0, 0.1) is 18.6 Å². The van der Waals surface area contributed by atoms with E-state index in [0.717, 1.165) is 23.8 Å². The molecule has 0 aliphatic heterocycles. The van der Waals surface area contributed by atoms with Crippen LogP contribution >= 0.6 is 12.2 Å². The number of hydrogen-bond donors (Lipinski definition) is 1. The van der Waals surface area contributed by atoms with Crippen molar-refractivity contribution in [2.24, 2.45) is 5.73 Å². The SMILES string of the molecule is Cc1cccc(C(N)=S)c1Oc1cc(F)ccc1F. The number of para-hydroxylation sites is 1. The number of nitrogens with two attached hydrogens (primary N) is 1. The van der Waals surface area contributed by atoms with E-state index in [1.165, 1.54) is 0 Å². The molecule has 0 aliphatic carbocycles. The van der Waals surface area contributed by atoms with Crippen LogP contribution in [0.2, 0.25) is 0 Å². The maximum atomic E-state index is 13.6. The van der Waals surface area contributed by atoms with Gasteiger partial charge in [0.2, 0.25) is 0 Å². The van der Waals surface area contributed by atoms with Gasteiger partial charge in [-0.15, -0.1) is 0 Å². The Balaban J connectivity index is 2.49. The average Bonchev–Trinajstić information content (AvgIpc) is 2.35. The minimum atomic E-state index is -0.654. The van der Waals surface area contributed by atoms with E-state index in [2.05, 4.69) is 0 Å². The minimum Gasteiger partial charge on any atom is -0.453 e. The highest BCUT2D eigenvalue weighted by Crippen LogP contribution is 2.31. The van der Waals surface area contributed by atoms with Crippen molar-refractivity contribution in [2.45, 2.75) is 6.92 Å². The number of halogens is 2. The monoisotopic (exact) mass is 279 g/mol. The zero-order valence-corrected chi connectivity index (χ0v) is 10.9. The van der Waals surface area contributed by atoms with Crippen LogP contribution in [0.25, 0.3) is 0 Å². The molecular formula is C14H11F2NOS. The zero-order valence-electron chi connectivity index (χ0n) is 10.1. The Kier molecular flexibility index (Phi) is 3.76. The molecule has 2 N–H and O–H groups in total. The third-order valence-electron chi connectivity index (χ3n) is 2.58. The molecule has 0 atom stereocenters. The van der Waals surface area contributed by atoms with Gasteiger partial charge in [0.1, 0.15) is 16.6 Å². The van der Waals surface area contributed by atoms with Gasteiger partial charge in [0.25, 0.3) is 0 Å². The summed E-state index contributed by atoms with van der Waals surface area (Å²) in [5.41, 5.74) is 6.80. The smallest absolute Gasteiger partial charge is 0.166 e. The van der Waals surface area contributed by atoms with Crippen LogP contribution in [0.3, 0.4) is 0 Å². The van der Waals surface area contributed by atoms with Crippen LogP contribution in [0.15, 0.2) is 36.4 Å². The minimum absolute atomic E-state index is 0.135. The topological polar surface area (TPSA) is 35.2 Å². The van der Waals surface area contributed by atoms with E-state index in [1.54, 1.807) is 25.1 Å². The van der Waals surface area contributed by atoms with E-state index in [-0.39, 0.29) is 10.7 Å². The highest BCUT2D eigenvalue weighted by Gasteiger charge is 2.13. The molecule has 19 heavy (non-hydrogen) atoms. The standard InChI is InChI=1S/C14H11F2NOS/c1-8-3-2-4-10(14(17)19)13(8)18-12-7-9(15)5-6-11(12)16/h2-7H,1H3,(H2,17,19). The number of thiocarbonyl (C=S) groups is 1. The molecule has 0 aromatic heterocycles. The Morgan fingerprint density at radius 3 is 2.63 bits per heavy atom. The molecule has 0 saturated heterocycles. The fraction of sp³-hybridized carbons (Fsp3) is 0.0714. The van der Waals surface area contributed by atoms with Crippen molar-refractivity contribution >= 4 is 17.2 Å². The third kappa shape index (κ3) is 2.88. The molecule has 2 rings (SSSR count). The summed E-state index contributed by atoms with van der Waals surface area (Å²) in [4.78, 5) is 0.135. The lowest BCUT2D eigenvalue weighted by molar-refractivity contribution is 0.433. The summed E-state index contributed by atoms with van der Waals surface area (Å²) < 4.78 is 32.1. The van der Waals surface area contributed by atoms with Crippen molar-refractivity contribution in [3.63, 3.8) is 0 Å². The molecule has 98 valence electrons. The Morgan fingerprint density at radius 1 is 1.21 bits per heavy atom. The quantitative estimate of drug-likeness (QED) is 0.870. The molecule has 0 bridgehead atoms. The molecule has 0 fully saturated rings. The maximum Gasteiger partial charge on any atom is 0.166 e. The van der Waals surface area contributed by atoms with Crippen LogP contribution in [0.4, 0.5) is 8.78 Å². The van der Waals surface area contributed by atoms with Gasteiger partial charge in [-0.25, -0.2) is 8.78 Å². The summed E-state index contributed by atoms with van der Waals surface area (Å²) in [5, 5.41) is 0. The van der Waals surface area contributed by atoms with E-state index in [0.29, 0.717) is 11.3 Å². The highest BCUT2D eigenvalue weighted by atomic mass is 32.1. The second-order valence-corrected chi connectivity index (χ2v) is 4.43. The Morgan fingerprint density at radius 2 is 1.95 bits per heavy atom. The molecule has 0 saturated carbocycles. The average molecular weight is 279 g/mol. The molecule has 0 unspecified atom stereocenters. The van der Waals surface area contributed by atoms with Gasteiger partial charge in [0, 0.05) is 6.07 Å². The van der Waals surface area contributed by atoms with Gasteiger partial charge in [0.05, 0.1) is 5.56 Å². The van der Waals surface area contributed by atoms with Crippen LogP contribution in [-0.2, 0) is 0 Å². The summed E-state index contributed by atoms with van der Waals surface area (Å²) in [6.07, 6.45) is 0. The molecule has 2 aromatic rings. The van der Waals surface area contributed by atoms with Gasteiger partial charge < -0.3 is 10.5 Å². The summed E-state index contributed by atoms with van der Waals surface area (Å²) >= 11 is 4.91. The van der Waals surface area contributed by atoms with Crippen molar-refractivity contribution in [1.82, 2.24) is 0 Å². The molecule has 0 heterocycles. The number of ether oxygens (including phenoxy) is 1. The van der Waals surface area contributed by atoms with E-state index < -0.39 is 11.6 Å². The van der Waals surface area contributed by atoms with Gasteiger partial charge in [-0.05, 0) is 30.7 Å². The second-order valence-electron chi connectivity index (χ2n) is 3.99. The zero-order chi connectivity index (χ0) is 14.0. The maximum absolute atomic E-state index is 13.6. The van der Waals surface area contributed by atoms with Crippen LogP contribution in [0.5, 0.6) is 11.5 Å². The predicted octanol–water partition coefficient (Wildman–Crippen LogP) is 3.70. The first-order chi connectivity index (χ1) is 8.99. The van der Waals surface area contributed by atoms with Gasteiger partial charge in [-0.1, -0.05) is 24.4 Å². The number of benzene rings is 2. The first-order valence-corrected chi connectivity index (χ1v) is 5.92. The highest BCUT2D eigenvalue weighted by molar-refractivity contribution is 7.80. The fourth-order valence-electron chi connectivity index (χ4n) is 1.65. The summed E-state index contributed by atoms with van der Waals surface area (Å²) in [6.45, 7) is 1.77. The summed E-state index contributed by atoms with van der Waals surface area (Å²) in [5.74, 6) is -1.10. The molecule has 2 nitrogen and oxygen atoms in total. The molecule has 0 radical (unpaired) electrons. The van der Waals surface area contributed by atoms with Crippen molar-refractivity contribution in [1.29, 1.82) is 0 Å². The summed E-state index contributed by atoms with van der Waals surface area (Å²) in [7, 11) is 0. The largest absolute Gasteiger partial charge is 0.453 e. The van der Waals surface area contributed by atoms with Crippen molar-refractivity contribution in [3.8, 4) is 11.5 Å². The van der Waals surface area contributed by atoms with E-state index in [4.69, 9.17) is 22.7 Å². The van der Waals surface area contributed by atoms with Gasteiger partial charge >= 0.3 is 0 Å². The number of hydrogen-bond acceptors (Lipinski definition) is 2.